The van der Waals surface area contributed by atoms with Crippen LogP contribution in [0.15, 0.2) is 24.3 Å². The summed E-state index contributed by atoms with van der Waals surface area (Å²) in [6.45, 7) is 6.34. The largest absolute Gasteiger partial charge is 0.494 e. The summed E-state index contributed by atoms with van der Waals surface area (Å²) in [5.41, 5.74) is 1.35. The van der Waals surface area contributed by atoms with Gasteiger partial charge in [-0.2, -0.15) is 0 Å². The quantitative estimate of drug-likeness (QED) is 0.866. The topological polar surface area (TPSA) is 24.5 Å². The average Bonchev–Trinajstić information content (AvgIpc) is 2.48. The number of likely N-dealkylation sites (tertiary alicyclic amines) is 1. The Morgan fingerprint density at radius 1 is 1.05 bits per heavy atom. The lowest BCUT2D eigenvalue weighted by Gasteiger charge is -2.29. The Kier molecular flexibility index (Phi) is 7.04. The van der Waals surface area contributed by atoms with Crippen LogP contribution < -0.4 is 10.1 Å². The van der Waals surface area contributed by atoms with Crippen molar-refractivity contribution in [3.8, 4) is 5.75 Å². The van der Waals surface area contributed by atoms with Crippen LogP contribution in [0.3, 0.4) is 0 Å². The van der Waals surface area contributed by atoms with Gasteiger partial charge in [-0.05, 0) is 57.6 Å². The van der Waals surface area contributed by atoms with E-state index in [1.54, 1.807) is 0 Å². The van der Waals surface area contributed by atoms with Crippen molar-refractivity contribution in [2.45, 2.75) is 45.1 Å². The van der Waals surface area contributed by atoms with Crippen molar-refractivity contribution in [1.82, 2.24) is 10.2 Å². The van der Waals surface area contributed by atoms with Gasteiger partial charge in [0.2, 0.25) is 0 Å². The molecule has 0 bridgehead atoms. The Morgan fingerprint density at radius 2 is 1.67 bits per heavy atom. The van der Waals surface area contributed by atoms with E-state index < -0.39 is 0 Å². The molecule has 2 rings (SSSR count). The molecule has 1 aromatic rings. The second-order valence-corrected chi connectivity index (χ2v) is 5.91. The van der Waals surface area contributed by atoms with Crippen molar-refractivity contribution < 1.29 is 4.74 Å². The predicted octanol–water partition coefficient (Wildman–Crippen LogP) is 3.61. The number of hydrogen-bond acceptors (Lipinski definition) is 3. The smallest absolute Gasteiger partial charge is 0.119 e. The van der Waals surface area contributed by atoms with E-state index in [1.165, 1.54) is 50.8 Å². The number of rotatable bonds is 6. The summed E-state index contributed by atoms with van der Waals surface area (Å²) in [6, 6.07) is 8.94. The van der Waals surface area contributed by atoms with E-state index in [0.29, 0.717) is 6.04 Å². The van der Waals surface area contributed by atoms with Crippen LogP contribution in [0.1, 0.15) is 50.6 Å². The third-order valence-electron chi connectivity index (χ3n) is 4.33. The third kappa shape index (κ3) is 5.33. The van der Waals surface area contributed by atoms with Crippen LogP contribution in [0, 0.1) is 0 Å². The van der Waals surface area contributed by atoms with Crippen LogP contribution in [-0.4, -0.2) is 38.2 Å². The highest BCUT2D eigenvalue weighted by molar-refractivity contribution is 5.29. The Bertz CT molecular complexity index is 383. The highest BCUT2D eigenvalue weighted by atomic mass is 16.5. The molecule has 1 N–H and O–H groups in total. The number of ether oxygens (including phenoxy) is 1. The standard InChI is InChI=1S/C18H30N2O/c1-3-21-17-11-9-16(10-12-17)18(19-2)15-20-13-7-5-4-6-8-14-20/h9-12,18-19H,3-8,13-15H2,1-2H3. The van der Waals surface area contributed by atoms with Crippen molar-refractivity contribution in [2.75, 3.05) is 33.3 Å². The Balaban J connectivity index is 1.94. The van der Waals surface area contributed by atoms with Crippen molar-refractivity contribution in [2.24, 2.45) is 0 Å². The van der Waals surface area contributed by atoms with Gasteiger partial charge in [-0.1, -0.05) is 31.4 Å². The molecule has 1 aromatic carbocycles. The maximum atomic E-state index is 5.52. The molecule has 1 aliphatic rings. The monoisotopic (exact) mass is 290 g/mol. The molecule has 1 aliphatic heterocycles. The molecule has 0 saturated carbocycles. The summed E-state index contributed by atoms with van der Waals surface area (Å²) < 4.78 is 5.52. The zero-order valence-electron chi connectivity index (χ0n) is 13.6. The highest BCUT2D eigenvalue weighted by Crippen LogP contribution is 2.20. The summed E-state index contributed by atoms with van der Waals surface area (Å²) in [5.74, 6) is 0.961. The van der Waals surface area contributed by atoms with Crippen molar-refractivity contribution in [3.05, 3.63) is 29.8 Å². The van der Waals surface area contributed by atoms with Gasteiger partial charge in [0.1, 0.15) is 5.75 Å². The molecule has 0 spiro atoms. The fourth-order valence-corrected chi connectivity index (χ4v) is 3.08. The first-order valence-electron chi connectivity index (χ1n) is 8.46. The average molecular weight is 290 g/mol. The molecule has 3 heteroatoms. The van der Waals surface area contributed by atoms with Crippen LogP contribution >= 0.6 is 0 Å². The number of hydrogen-bond donors (Lipinski definition) is 1. The van der Waals surface area contributed by atoms with E-state index in [9.17, 15) is 0 Å². The molecule has 0 amide bonds. The van der Waals surface area contributed by atoms with Crippen LogP contribution in [-0.2, 0) is 0 Å². The number of likely N-dealkylation sites (N-methyl/N-ethyl adjacent to an activating group) is 1. The molecule has 1 fully saturated rings. The van der Waals surface area contributed by atoms with Crippen molar-refractivity contribution in [3.63, 3.8) is 0 Å². The lowest BCUT2D eigenvalue weighted by Crippen LogP contribution is -2.35. The summed E-state index contributed by atoms with van der Waals surface area (Å²) in [5, 5.41) is 3.47. The Labute approximate surface area is 129 Å². The predicted molar refractivity (Wildman–Crippen MR) is 88.9 cm³/mol. The van der Waals surface area contributed by atoms with E-state index in [-0.39, 0.29) is 0 Å². The molecule has 1 atom stereocenters. The van der Waals surface area contributed by atoms with Gasteiger partial charge in [-0.15, -0.1) is 0 Å². The number of benzene rings is 1. The van der Waals surface area contributed by atoms with Gasteiger partial charge in [0.25, 0.3) is 0 Å². The highest BCUT2D eigenvalue weighted by Gasteiger charge is 2.15. The third-order valence-corrected chi connectivity index (χ3v) is 4.33. The lowest BCUT2D eigenvalue weighted by atomic mass is 10.0. The van der Waals surface area contributed by atoms with E-state index in [4.69, 9.17) is 4.74 Å². The van der Waals surface area contributed by atoms with Gasteiger partial charge in [0, 0.05) is 12.6 Å². The molecular weight excluding hydrogens is 260 g/mol. The minimum atomic E-state index is 0.403. The van der Waals surface area contributed by atoms with Crippen LogP contribution in [0.2, 0.25) is 0 Å². The lowest BCUT2D eigenvalue weighted by molar-refractivity contribution is 0.225. The van der Waals surface area contributed by atoms with Gasteiger partial charge >= 0.3 is 0 Å². The molecule has 1 saturated heterocycles. The van der Waals surface area contributed by atoms with E-state index in [0.717, 1.165) is 18.9 Å². The zero-order valence-corrected chi connectivity index (χ0v) is 13.6. The Hall–Kier alpha value is -1.06. The molecule has 118 valence electrons. The van der Waals surface area contributed by atoms with Gasteiger partial charge in [0.15, 0.2) is 0 Å². The van der Waals surface area contributed by atoms with Crippen LogP contribution in [0.4, 0.5) is 0 Å². The van der Waals surface area contributed by atoms with Crippen molar-refractivity contribution >= 4 is 0 Å². The summed E-state index contributed by atoms with van der Waals surface area (Å²) in [7, 11) is 2.06. The molecule has 1 heterocycles. The number of nitrogens with zero attached hydrogens (tertiary/aromatic N) is 1. The van der Waals surface area contributed by atoms with Gasteiger partial charge < -0.3 is 15.0 Å². The molecular formula is C18H30N2O. The molecule has 3 nitrogen and oxygen atoms in total. The first-order chi connectivity index (χ1) is 10.3. The minimum absolute atomic E-state index is 0.403. The van der Waals surface area contributed by atoms with Gasteiger partial charge in [-0.25, -0.2) is 0 Å². The Morgan fingerprint density at radius 3 is 2.24 bits per heavy atom. The van der Waals surface area contributed by atoms with Gasteiger partial charge in [0.05, 0.1) is 6.61 Å². The molecule has 21 heavy (non-hydrogen) atoms. The SMILES string of the molecule is CCOc1ccc(C(CN2CCCCCCC2)NC)cc1. The normalized spacial score (nSPS) is 18.8. The first kappa shape index (κ1) is 16.3. The maximum absolute atomic E-state index is 5.52. The van der Waals surface area contributed by atoms with Crippen LogP contribution in [0.5, 0.6) is 5.75 Å². The van der Waals surface area contributed by atoms with Gasteiger partial charge in [-0.3, -0.25) is 0 Å². The second kappa shape index (κ2) is 9.06. The summed E-state index contributed by atoms with van der Waals surface area (Å²) in [6.07, 6.45) is 6.90. The van der Waals surface area contributed by atoms with Crippen LogP contribution in [0.25, 0.3) is 0 Å². The van der Waals surface area contributed by atoms with E-state index in [2.05, 4.69) is 41.5 Å². The van der Waals surface area contributed by atoms with E-state index >= 15 is 0 Å². The molecule has 0 radical (unpaired) electrons. The number of nitrogens with one attached hydrogen (secondary N) is 1. The zero-order chi connectivity index (χ0) is 14.9. The fourth-order valence-electron chi connectivity index (χ4n) is 3.08. The second-order valence-electron chi connectivity index (χ2n) is 5.91. The fraction of sp³-hybridized carbons (Fsp3) is 0.667. The van der Waals surface area contributed by atoms with Crippen molar-refractivity contribution in [1.29, 1.82) is 0 Å². The minimum Gasteiger partial charge on any atom is -0.494 e. The maximum Gasteiger partial charge on any atom is 0.119 e. The first-order valence-corrected chi connectivity index (χ1v) is 8.46. The molecule has 1 unspecified atom stereocenters. The van der Waals surface area contributed by atoms with E-state index in [1.807, 2.05) is 6.92 Å². The summed E-state index contributed by atoms with van der Waals surface area (Å²) >= 11 is 0. The summed E-state index contributed by atoms with van der Waals surface area (Å²) in [4.78, 5) is 2.62. The molecule has 0 aliphatic carbocycles. The molecule has 0 aromatic heterocycles.